The monoisotopic (exact) mass is 590 g/mol. The molecule has 43 heavy (non-hydrogen) atoms. The van der Waals surface area contributed by atoms with Crippen LogP contribution in [0.4, 0.5) is 26.3 Å². The molecule has 0 aliphatic heterocycles. The van der Waals surface area contributed by atoms with Gasteiger partial charge in [0.25, 0.3) is 0 Å². The van der Waals surface area contributed by atoms with Crippen LogP contribution in [0.1, 0.15) is 37.3 Å². The van der Waals surface area contributed by atoms with Crippen LogP contribution in [0, 0.1) is 23.3 Å². The lowest BCUT2D eigenvalue weighted by molar-refractivity contribution is -0.187. The lowest BCUT2D eigenvalue weighted by Crippen LogP contribution is -2.23. The van der Waals surface area contributed by atoms with Gasteiger partial charge in [-0.05, 0) is 88.7 Å². The molecule has 5 aromatic rings. The van der Waals surface area contributed by atoms with Crippen molar-refractivity contribution in [3.63, 3.8) is 0 Å². The quantitative estimate of drug-likeness (QED) is 0.116. The van der Waals surface area contributed by atoms with Gasteiger partial charge >= 0.3 is 6.11 Å². The SMILES string of the molecule is CCCCCc1ccc(-c2ccc(C(F)(F)Oc3ccc(-c4ccc(-c5ccc(F)c(F)c5)c(F)c4)cc3)c(F)c2)cc1. The maximum Gasteiger partial charge on any atom is 0.429 e. The summed E-state index contributed by atoms with van der Waals surface area (Å²) in [5.41, 5.74) is 2.65. The lowest BCUT2D eigenvalue weighted by atomic mass is 9.99. The van der Waals surface area contributed by atoms with Gasteiger partial charge in [0.05, 0.1) is 5.56 Å². The van der Waals surface area contributed by atoms with Gasteiger partial charge in [-0.25, -0.2) is 17.6 Å². The van der Waals surface area contributed by atoms with Crippen molar-refractivity contribution >= 4 is 0 Å². The average Bonchev–Trinajstić information content (AvgIpc) is 2.99. The molecule has 0 N–H and O–H groups in total. The molecule has 0 saturated heterocycles. The molecule has 7 heteroatoms. The van der Waals surface area contributed by atoms with Crippen molar-refractivity contribution in [1.29, 1.82) is 0 Å². The Kier molecular flexibility index (Phi) is 8.90. The summed E-state index contributed by atoms with van der Waals surface area (Å²) >= 11 is 0. The van der Waals surface area contributed by atoms with Crippen molar-refractivity contribution in [2.75, 3.05) is 0 Å². The number of rotatable bonds is 10. The summed E-state index contributed by atoms with van der Waals surface area (Å²) in [5, 5.41) is 0. The molecule has 0 saturated carbocycles. The second kappa shape index (κ2) is 12.8. The zero-order valence-electron chi connectivity index (χ0n) is 23.3. The summed E-state index contributed by atoms with van der Waals surface area (Å²) in [5.74, 6) is -4.10. The Morgan fingerprint density at radius 2 is 1.09 bits per heavy atom. The molecule has 1 nitrogen and oxygen atoms in total. The van der Waals surface area contributed by atoms with Gasteiger partial charge in [0.1, 0.15) is 17.4 Å². The zero-order valence-corrected chi connectivity index (χ0v) is 23.3. The number of aryl methyl sites for hydroxylation is 1. The van der Waals surface area contributed by atoms with Gasteiger partial charge in [0, 0.05) is 5.56 Å². The molecule has 0 atom stereocenters. The summed E-state index contributed by atoms with van der Waals surface area (Å²) < 4.78 is 91.4. The van der Waals surface area contributed by atoms with E-state index in [1.54, 1.807) is 6.07 Å². The minimum Gasteiger partial charge on any atom is -0.429 e. The van der Waals surface area contributed by atoms with E-state index in [0.717, 1.165) is 55.5 Å². The fourth-order valence-corrected chi connectivity index (χ4v) is 4.88. The van der Waals surface area contributed by atoms with E-state index in [9.17, 15) is 17.6 Å². The minimum atomic E-state index is -3.95. The van der Waals surface area contributed by atoms with E-state index in [1.165, 1.54) is 54.1 Å². The van der Waals surface area contributed by atoms with Crippen molar-refractivity contribution in [3.8, 4) is 39.1 Å². The molecule has 5 aromatic carbocycles. The molecule has 0 aliphatic rings. The number of halogens is 6. The van der Waals surface area contributed by atoms with Crippen LogP contribution < -0.4 is 4.74 Å². The highest BCUT2D eigenvalue weighted by atomic mass is 19.3. The number of unbranched alkanes of at least 4 members (excludes halogenated alkanes) is 2. The summed E-state index contributed by atoms with van der Waals surface area (Å²) in [6.45, 7) is 2.14. The van der Waals surface area contributed by atoms with Crippen LogP contribution >= 0.6 is 0 Å². The van der Waals surface area contributed by atoms with Crippen LogP contribution in [0.5, 0.6) is 5.75 Å². The zero-order chi connectivity index (χ0) is 30.6. The molecule has 220 valence electrons. The molecule has 0 bridgehead atoms. The average molecular weight is 591 g/mol. The smallest absolute Gasteiger partial charge is 0.429 e. The molecule has 0 amide bonds. The van der Waals surface area contributed by atoms with E-state index in [2.05, 4.69) is 6.92 Å². The Morgan fingerprint density at radius 1 is 0.535 bits per heavy atom. The Balaban J connectivity index is 1.28. The number of alkyl halides is 2. The summed E-state index contributed by atoms with van der Waals surface area (Å²) in [4.78, 5) is 0. The summed E-state index contributed by atoms with van der Waals surface area (Å²) in [7, 11) is 0. The second-order valence-corrected chi connectivity index (χ2v) is 10.3. The lowest BCUT2D eigenvalue weighted by Gasteiger charge is -2.19. The molecular weight excluding hydrogens is 562 g/mol. The van der Waals surface area contributed by atoms with Crippen LogP contribution in [0.3, 0.4) is 0 Å². The van der Waals surface area contributed by atoms with Gasteiger partial charge in [-0.1, -0.05) is 80.4 Å². The predicted molar refractivity (Wildman–Crippen MR) is 157 cm³/mol. The Hall–Kier alpha value is -4.52. The Bertz CT molecular complexity index is 1710. The molecule has 0 unspecified atom stereocenters. The molecule has 0 heterocycles. The number of hydrogen-bond acceptors (Lipinski definition) is 1. The van der Waals surface area contributed by atoms with Gasteiger partial charge < -0.3 is 4.74 Å². The van der Waals surface area contributed by atoms with Gasteiger partial charge in [0.15, 0.2) is 11.6 Å². The van der Waals surface area contributed by atoms with E-state index in [-0.39, 0.29) is 16.9 Å². The first-order valence-corrected chi connectivity index (χ1v) is 14.0. The van der Waals surface area contributed by atoms with E-state index in [1.807, 2.05) is 24.3 Å². The fourth-order valence-electron chi connectivity index (χ4n) is 4.88. The molecule has 0 fully saturated rings. The standard InChI is InChI=1S/C36H28F6O/c1-2-3-4-5-23-6-8-24(9-7-23)27-13-18-31(34(39)21-27)36(41,42)43-29-15-10-25(11-16-29)26-12-17-30(33(38)20-26)28-14-19-32(37)35(40)22-28/h6-22H,2-5H2,1H3. The largest absolute Gasteiger partial charge is 0.429 e. The first-order valence-electron chi connectivity index (χ1n) is 14.0. The van der Waals surface area contributed by atoms with Crippen molar-refractivity contribution in [2.45, 2.75) is 38.7 Å². The third kappa shape index (κ3) is 6.94. The van der Waals surface area contributed by atoms with Crippen LogP contribution in [0.25, 0.3) is 33.4 Å². The van der Waals surface area contributed by atoms with E-state index in [0.29, 0.717) is 16.7 Å². The van der Waals surface area contributed by atoms with Gasteiger partial charge in [-0.2, -0.15) is 8.78 Å². The molecule has 0 radical (unpaired) electrons. The highest BCUT2D eigenvalue weighted by Gasteiger charge is 2.37. The van der Waals surface area contributed by atoms with E-state index >= 15 is 8.78 Å². The normalized spacial score (nSPS) is 11.5. The molecule has 0 aliphatic carbocycles. The van der Waals surface area contributed by atoms with Crippen molar-refractivity contribution < 1.29 is 31.1 Å². The molecule has 5 rings (SSSR count). The number of ether oxygens (including phenoxy) is 1. The van der Waals surface area contributed by atoms with Crippen molar-refractivity contribution in [3.05, 3.63) is 138 Å². The fraction of sp³-hybridized carbons (Fsp3) is 0.167. The first kappa shape index (κ1) is 30.0. The summed E-state index contributed by atoms with van der Waals surface area (Å²) in [6, 6.07) is 23.9. The van der Waals surface area contributed by atoms with Gasteiger partial charge in [0.2, 0.25) is 0 Å². The van der Waals surface area contributed by atoms with Crippen LogP contribution in [0.15, 0.2) is 103 Å². The number of benzene rings is 5. The predicted octanol–water partition coefficient (Wildman–Crippen LogP) is 11.1. The third-order valence-electron chi connectivity index (χ3n) is 7.27. The topological polar surface area (TPSA) is 9.23 Å². The maximum absolute atomic E-state index is 15.0. The van der Waals surface area contributed by atoms with Crippen LogP contribution in [-0.2, 0) is 12.5 Å². The second-order valence-electron chi connectivity index (χ2n) is 10.3. The Labute approximate surface area is 246 Å². The highest BCUT2D eigenvalue weighted by molar-refractivity contribution is 5.71. The van der Waals surface area contributed by atoms with Crippen molar-refractivity contribution in [1.82, 2.24) is 0 Å². The van der Waals surface area contributed by atoms with E-state index in [4.69, 9.17) is 4.74 Å². The minimum absolute atomic E-state index is 0.0784. The van der Waals surface area contributed by atoms with E-state index < -0.39 is 34.9 Å². The van der Waals surface area contributed by atoms with Crippen molar-refractivity contribution in [2.24, 2.45) is 0 Å². The van der Waals surface area contributed by atoms with Gasteiger partial charge in [-0.3, -0.25) is 0 Å². The number of hydrogen-bond donors (Lipinski definition) is 0. The summed E-state index contributed by atoms with van der Waals surface area (Å²) in [6.07, 6.45) is 0.364. The molecule has 0 spiro atoms. The maximum atomic E-state index is 15.0. The van der Waals surface area contributed by atoms with Gasteiger partial charge in [-0.15, -0.1) is 0 Å². The molecular formula is C36H28F6O. The highest BCUT2D eigenvalue weighted by Crippen LogP contribution is 2.36. The Morgan fingerprint density at radius 3 is 1.70 bits per heavy atom. The van der Waals surface area contributed by atoms with Crippen LogP contribution in [-0.4, -0.2) is 0 Å². The molecule has 0 aromatic heterocycles. The van der Waals surface area contributed by atoms with Crippen LogP contribution in [0.2, 0.25) is 0 Å². The third-order valence-corrected chi connectivity index (χ3v) is 7.27. The first-order chi connectivity index (χ1) is 20.6.